The third-order valence-electron chi connectivity index (χ3n) is 3.37. The van der Waals surface area contributed by atoms with E-state index in [1.165, 1.54) is 12.8 Å². The minimum atomic E-state index is 0.349. The standard InChI is InChI=1S/C14H24N4O2/c1-3-8-20-14-12(15)13(16-10-6-4-5-7-10)17-11(18-14)9-19-2/h10H,3-9,15H2,1-2H3,(H,16,17,18). The Hall–Kier alpha value is -1.56. The van der Waals surface area contributed by atoms with Gasteiger partial charge < -0.3 is 20.5 Å². The number of nitrogens with two attached hydrogens (primary N) is 1. The number of nitrogen functional groups attached to an aromatic ring is 1. The predicted octanol–water partition coefficient (Wildman–Crippen LogP) is 2.35. The quantitative estimate of drug-likeness (QED) is 0.797. The Kier molecular flexibility index (Phi) is 5.40. The smallest absolute Gasteiger partial charge is 0.242 e. The van der Waals surface area contributed by atoms with Crippen LogP contribution in [0.2, 0.25) is 0 Å². The first kappa shape index (κ1) is 14.8. The summed E-state index contributed by atoms with van der Waals surface area (Å²) < 4.78 is 10.7. The van der Waals surface area contributed by atoms with Crippen molar-refractivity contribution in [3.8, 4) is 5.88 Å². The third-order valence-corrected chi connectivity index (χ3v) is 3.37. The summed E-state index contributed by atoms with van der Waals surface area (Å²) in [6.45, 7) is 2.99. The molecule has 0 aromatic carbocycles. The molecule has 1 heterocycles. The molecular weight excluding hydrogens is 256 g/mol. The van der Waals surface area contributed by atoms with E-state index in [4.69, 9.17) is 15.2 Å². The molecule has 0 aliphatic heterocycles. The van der Waals surface area contributed by atoms with Gasteiger partial charge in [0.1, 0.15) is 12.3 Å². The highest BCUT2D eigenvalue weighted by Crippen LogP contribution is 2.29. The van der Waals surface area contributed by atoms with E-state index in [-0.39, 0.29) is 0 Å². The molecule has 0 bridgehead atoms. The molecule has 0 amide bonds. The molecule has 1 saturated carbocycles. The highest BCUT2D eigenvalue weighted by molar-refractivity contribution is 5.67. The minimum Gasteiger partial charge on any atom is -0.476 e. The number of rotatable bonds is 7. The van der Waals surface area contributed by atoms with Crippen molar-refractivity contribution < 1.29 is 9.47 Å². The molecule has 6 heteroatoms. The van der Waals surface area contributed by atoms with E-state index in [9.17, 15) is 0 Å². The van der Waals surface area contributed by atoms with Crippen LogP contribution in [0.3, 0.4) is 0 Å². The molecule has 1 fully saturated rings. The van der Waals surface area contributed by atoms with Crippen molar-refractivity contribution in [1.82, 2.24) is 9.97 Å². The van der Waals surface area contributed by atoms with Gasteiger partial charge in [-0.15, -0.1) is 0 Å². The van der Waals surface area contributed by atoms with Crippen LogP contribution in [0, 0.1) is 0 Å². The number of aromatic nitrogens is 2. The molecule has 0 spiro atoms. The second-order valence-electron chi connectivity index (χ2n) is 5.11. The average Bonchev–Trinajstić information content (AvgIpc) is 2.94. The van der Waals surface area contributed by atoms with Gasteiger partial charge in [-0.2, -0.15) is 4.98 Å². The second-order valence-corrected chi connectivity index (χ2v) is 5.11. The Morgan fingerprint density at radius 3 is 2.70 bits per heavy atom. The Labute approximate surface area is 120 Å². The van der Waals surface area contributed by atoms with Gasteiger partial charge in [0.2, 0.25) is 5.88 Å². The van der Waals surface area contributed by atoms with Gasteiger partial charge in [0.15, 0.2) is 11.6 Å². The van der Waals surface area contributed by atoms with Crippen molar-refractivity contribution in [2.24, 2.45) is 0 Å². The molecule has 0 unspecified atom stereocenters. The lowest BCUT2D eigenvalue weighted by Gasteiger charge is -2.17. The summed E-state index contributed by atoms with van der Waals surface area (Å²) in [4.78, 5) is 8.75. The molecule has 6 nitrogen and oxygen atoms in total. The maximum Gasteiger partial charge on any atom is 0.242 e. The summed E-state index contributed by atoms with van der Waals surface area (Å²) in [7, 11) is 1.62. The van der Waals surface area contributed by atoms with Crippen molar-refractivity contribution in [2.45, 2.75) is 51.7 Å². The monoisotopic (exact) mass is 280 g/mol. The summed E-state index contributed by atoms with van der Waals surface area (Å²) in [5.74, 6) is 1.72. The van der Waals surface area contributed by atoms with Crippen LogP contribution >= 0.6 is 0 Å². The number of hydrogen-bond donors (Lipinski definition) is 2. The molecule has 0 radical (unpaired) electrons. The summed E-state index contributed by atoms with van der Waals surface area (Å²) in [5.41, 5.74) is 6.60. The Bertz CT molecular complexity index is 433. The van der Waals surface area contributed by atoms with E-state index >= 15 is 0 Å². The number of ether oxygens (including phenoxy) is 2. The van der Waals surface area contributed by atoms with Gasteiger partial charge in [0.05, 0.1) is 6.61 Å². The summed E-state index contributed by atoms with van der Waals surface area (Å²) >= 11 is 0. The minimum absolute atomic E-state index is 0.349. The fourth-order valence-electron chi connectivity index (χ4n) is 2.37. The van der Waals surface area contributed by atoms with Crippen LogP contribution in [-0.2, 0) is 11.3 Å². The van der Waals surface area contributed by atoms with E-state index < -0.39 is 0 Å². The number of hydrogen-bond acceptors (Lipinski definition) is 6. The normalized spacial score (nSPS) is 15.5. The van der Waals surface area contributed by atoms with Gasteiger partial charge in [-0.3, -0.25) is 0 Å². The van der Waals surface area contributed by atoms with Crippen molar-refractivity contribution in [3.63, 3.8) is 0 Å². The molecule has 1 aromatic rings. The molecule has 0 atom stereocenters. The van der Waals surface area contributed by atoms with Crippen molar-refractivity contribution in [1.29, 1.82) is 0 Å². The van der Waals surface area contributed by atoms with E-state index in [1.54, 1.807) is 7.11 Å². The van der Waals surface area contributed by atoms with Crippen molar-refractivity contribution in [2.75, 3.05) is 24.8 Å². The molecule has 1 aliphatic rings. The van der Waals surface area contributed by atoms with Gasteiger partial charge in [-0.05, 0) is 19.3 Å². The summed E-state index contributed by atoms with van der Waals surface area (Å²) in [5, 5.41) is 3.41. The van der Waals surface area contributed by atoms with Gasteiger partial charge in [-0.1, -0.05) is 19.8 Å². The summed E-state index contributed by atoms with van der Waals surface area (Å²) in [6, 6.07) is 0.446. The number of anilines is 2. The van der Waals surface area contributed by atoms with Crippen LogP contribution in [0.5, 0.6) is 5.88 Å². The van der Waals surface area contributed by atoms with Crippen LogP contribution in [0.25, 0.3) is 0 Å². The van der Waals surface area contributed by atoms with Crippen molar-refractivity contribution >= 4 is 11.5 Å². The molecule has 2 rings (SSSR count). The molecule has 1 aliphatic carbocycles. The maximum atomic E-state index is 6.11. The number of nitrogens with zero attached hydrogens (tertiary/aromatic N) is 2. The van der Waals surface area contributed by atoms with E-state index in [1.807, 2.05) is 6.92 Å². The Morgan fingerprint density at radius 1 is 1.30 bits per heavy atom. The van der Waals surface area contributed by atoms with Crippen LogP contribution in [-0.4, -0.2) is 29.7 Å². The highest BCUT2D eigenvalue weighted by Gasteiger charge is 2.19. The predicted molar refractivity (Wildman–Crippen MR) is 78.8 cm³/mol. The molecule has 3 N–H and O–H groups in total. The molecular formula is C14H24N4O2. The second kappa shape index (κ2) is 7.28. The van der Waals surface area contributed by atoms with Gasteiger partial charge in [-0.25, -0.2) is 4.98 Å². The molecule has 0 saturated heterocycles. The van der Waals surface area contributed by atoms with Crippen LogP contribution in [0.15, 0.2) is 0 Å². The lowest BCUT2D eigenvalue weighted by atomic mass is 10.2. The fraction of sp³-hybridized carbons (Fsp3) is 0.714. The van der Waals surface area contributed by atoms with Crippen LogP contribution in [0.1, 0.15) is 44.9 Å². The first-order chi connectivity index (χ1) is 9.74. The maximum absolute atomic E-state index is 6.11. The van der Waals surface area contributed by atoms with Crippen LogP contribution < -0.4 is 15.8 Å². The van der Waals surface area contributed by atoms with Gasteiger partial charge in [0.25, 0.3) is 0 Å². The lowest BCUT2D eigenvalue weighted by molar-refractivity contribution is 0.176. The van der Waals surface area contributed by atoms with E-state index in [2.05, 4.69) is 15.3 Å². The molecule has 112 valence electrons. The zero-order valence-corrected chi connectivity index (χ0v) is 12.3. The summed E-state index contributed by atoms with van der Waals surface area (Å²) in [6.07, 6.45) is 5.75. The zero-order chi connectivity index (χ0) is 14.4. The van der Waals surface area contributed by atoms with Crippen molar-refractivity contribution in [3.05, 3.63) is 5.82 Å². The van der Waals surface area contributed by atoms with Gasteiger partial charge in [0, 0.05) is 13.2 Å². The molecule has 1 aromatic heterocycles. The van der Waals surface area contributed by atoms with E-state index in [0.29, 0.717) is 42.5 Å². The lowest BCUT2D eigenvalue weighted by Crippen LogP contribution is -2.19. The topological polar surface area (TPSA) is 82.3 Å². The largest absolute Gasteiger partial charge is 0.476 e. The average molecular weight is 280 g/mol. The third kappa shape index (κ3) is 3.72. The molecule has 20 heavy (non-hydrogen) atoms. The zero-order valence-electron chi connectivity index (χ0n) is 12.3. The first-order valence-corrected chi connectivity index (χ1v) is 7.29. The van der Waals surface area contributed by atoms with Gasteiger partial charge >= 0.3 is 0 Å². The number of methoxy groups -OCH3 is 1. The SMILES string of the molecule is CCCOc1nc(COC)nc(NC2CCCC2)c1N. The first-order valence-electron chi connectivity index (χ1n) is 7.29. The Morgan fingerprint density at radius 2 is 2.05 bits per heavy atom. The van der Waals surface area contributed by atoms with E-state index in [0.717, 1.165) is 19.3 Å². The highest BCUT2D eigenvalue weighted by atomic mass is 16.5. The number of nitrogens with one attached hydrogen (secondary N) is 1. The van der Waals surface area contributed by atoms with Crippen LogP contribution in [0.4, 0.5) is 11.5 Å². The Balaban J connectivity index is 2.19. The fourth-order valence-corrected chi connectivity index (χ4v) is 2.37.